The summed E-state index contributed by atoms with van der Waals surface area (Å²) in [5.74, 6) is -0.0449. The van der Waals surface area contributed by atoms with Gasteiger partial charge in [-0.1, -0.05) is 35.9 Å². The van der Waals surface area contributed by atoms with Crippen molar-refractivity contribution in [1.82, 2.24) is 10.2 Å². The number of nitrogens with one attached hydrogen (secondary N) is 1. The third kappa shape index (κ3) is 4.35. The van der Waals surface area contributed by atoms with E-state index in [0.29, 0.717) is 18.7 Å². The first kappa shape index (κ1) is 20.5. The molecule has 1 saturated heterocycles. The molecule has 1 fully saturated rings. The molecule has 5 heteroatoms. The second-order valence-electron chi connectivity index (χ2n) is 8.62. The molecular weight excluding hydrogens is 374 g/mol. The Balaban J connectivity index is 1.31. The Morgan fingerprint density at radius 3 is 2.67 bits per heavy atom. The smallest absolute Gasteiger partial charge is 0.253 e. The zero-order valence-electron chi connectivity index (χ0n) is 17.9. The number of hydrogen-bond acceptors (Lipinski definition) is 3. The van der Waals surface area contributed by atoms with Crippen LogP contribution in [0.2, 0.25) is 0 Å². The Morgan fingerprint density at radius 1 is 1.10 bits per heavy atom. The van der Waals surface area contributed by atoms with E-state index in [1.165, 1.54) is 11.3 Å². The Hall–Kier alpha value is -2.82. The molecule has 158 valence electrons. The summed E-state index contributed by atoms with van der Waals surface area (Å²) in [4.78, 5) is 29.9. The van der Waals surface area contributed by atoms with Gasteiger partial charge in [-0.2, -0.15) is 0 Å². The fourth-order valence-corrected chi connectivity index (χ4v) is 4.58. The van der Waals surface area contributed by atoms with E-state index in [1.54, 1.807) is 0 Å². The van der Waals surface area contributed by atoms with Gasteiger partial charge in [0.2, 0.25) is 5.91 Å². The maximum Gasteiger partial charge on any atom is 0.253 e. The molecule has 0 aromatic heterocycles. The monoisotopic (exact) mass is 405 g/mol. The summed E-state index contributed by atoms with van der Waals surface area (Å²) in [7, 11) is 0. The average Bonchev–Trinajstić information content (AvgIpc) is 3.21. The molecule has 0 spiro atoms. The predicted molar refractivity (Wildman–Crippen MR) is 120 cm³/mol. The van der Waals surface area contributed by atoms with E-state index in [-0.39, 0.29) is 23.8 Å². The van der Waals surface area contributed by atoms with Crippen LogP contribution in [0.5, 0.6) is 0 Å². The highest BCUT2D eigenvalue weighted by molar-refractivity contribution is 5.94. The van der Waals surface area contributed by atoms with Gasteiger partial charge in [0.15, 0.2) is 0 Å². The van der Waals surface area contributed by atoms with Crippen molar-refractivity contribution in [1.29, 1.82) is 0 Å². The van der Waals surface area contributed by atoms with Gasteiger partial charge in [0.05, 0.1) is 5.92 Å². The minimum Gasteiger partial charge on any atom is -0.366 e. The fourth-order valence-electron chi connectivity index (χ4n) is 4.58. The number of piperidine rings is 1. The molecule has 0 saturated carbocycles. The van der Waals surface area contributed by atoms with E-state index in [0.717, 1.165) is 37.9 Å². The van der Waals surface area contributed by atoms with Crippen molar-refractivity contribution in [3.63, 3.8) is 0 Å². The third-order valence-electron chi connectivity index (χ3n) is 6.40. The molecular formula is C25H31N3O2. The van der Waals surface area contributed by atoms with Crippen LogP contribution in [0.4, 0.5) is 5.69 Å². The van der Waals surface area contributed by atoms with Gasteiger partial charge in [0, 0.05) is 43.5 Å². The molecule has 0 aliphatic carbocycles. The first-order chi connectivity index (χ1) is 14.5. The highest BCUT2D eigenvalue weighted by atomic mass is 16.2. The Labute approximate surface area is 179 Å². The number of para-hydroxylation sites is 1. The van der Waals surface area contributed by atoms with Gasteiger partial charge in [0.1, 0.15) is 0 Å². The maximum atomic E-state index is 12.8. The summed E-state index contributed by atoms with van der Waals surface area (Å²) in [5.41, 5.74) is 4.50. The molecule has 4 rings (SSSR count). The number of amides is 2. The van der Waals surface area contributed by atoms with Gasteiger partial charge in [0.25, 0.3) is 5.91 Å². The number of rotatable bonds is 5. The fraction of sp³-hybridized carbons (Fsp3) is 0.440. The van der Waals surface area contributed by atoms with E-state index in [4.69, 9.17) is 0 Å². The lowest BCUT2D eigenvalue weighted by Gasteiger charge is -2.33. The van der Waals surface area contributed by atoms with Crippen molar-refractivity contribution < 1.29 is 9.59 Å². The van der Waals surface area contributed by atoms with Crippen molar-refractivity contribution in [2.45, 2.75) is 39.2 Å². The van der Waals surface area contributed by atoms with Crippen LogP contribution in [0.15, 0.2) is 48.5 Å². The van der Waals surface area contributed by atoms with E-state index in [9.17, 15) is 9.59 Å². The molecule has 2 heterocycles. The molecule has 2 aliphatic heterocycles. The zero-order chi connectivity index (χ0) is 21.1. The number of anilines is 1. The molecule has 2 aliphatic rings. The lowest BCUT2D eigenvalue weighted by molar-refractivity contribution is -0.126. The van der Waals surface area contributed by atoms with Crippen LogP contribution in [0.1, 0.15) is 41.3 Å². The zero-order valence-corrected chi connectivity index (χ0v) is 17.9. The summed E-state index contributed by atoms with van der Waals surface area (Å²) in [5, 5.41) is 3.15. The highest BCUT2D eigenvalue weighted by Crippen LogP contribution is 2.29. The number of nitrogens with zero attached hydrogens (tertiary/aromatic N) is 2. The van der Waals surface area contributed by atoms with Gasteiger partial charge < -0.3 is 15.1 Å². The van der Waals surface area contributed by atoms with Gasteiger partial charge in [-0.15, -0.1) is 0 Å². The predicted octanol–water partition coefficient (Wildman–Crippen LogP) is 3.41. The van der Waals surface area contributed by atoms with E-state index in [2.05, 4.69) is 41.4 Å². The normalized spacial score (nSPS) is 19.3. The van der Waals surface area contributed by atoms with Crippen LogP contribution in [0, 0.1) is 12.8 Å². The standard InChI is InChI=1S/C25H31N3O2/c1-18-9-11-21(12-10-18)25(30)27-14-5-7-22(17-27)24(29)26-16-19(2)28-15-13-20-6-3-4-8-23(20)28/h3-4,6,8-12,19,22H,5,7,13-17H2,1-2H3,(H,26,29). The van der Waals surface area contributed by atoms with Gasteiger partial charge in [-0.05, 0) is 56.9 Å². The van der Waals surface area contributed by atoms with Crippen molar-refractivity contribution >= 4 is 17.5 Å². The van der Waals surface area contributed by atoms with Crippen molar-refractivity contribution in [2.75, 3.05) is 31.1 Å². The lowest BCUT2D eigenvalue weighted by Crippen LogP contribution is -2.48. The quantitative estimate of drug-likeness (QED) is 0.829. The molecule has 30 heavy (non-hydrogen) atoms. The van der Waals surface area contributed by atoms with Gasteiger partial charge in [-0.3, -0.25) is 9.59 Å². The molecule has 2 aromatic carbocycles. The summed E-state index contributed by atoms with van der Waals surface area (Å²) in [6.07, 6.45) is 2.77. The number of benzene rings is 2. The summed E-state index contributed by atoms with van der Waals surface area (Å²) < 4.78 is 0. The number of carbonyl (C=O) groups is 2. The van der Waals surface area contributed by atoms with Crippen molar-refractivity contribution in [3.05, 3.63) is 65.2 Å². The first-order valence-corrected chi connectivity index (χ1v) is 11.0. The van der Waals surface area contributed by atoms with E-state index < -0.39 is 0 Å². The summed E-state index contributed by atoms with van der Waals surface area (Å²) >= 11 is 0. The second kappa shape index (κ2) is 8.90. The number of aryl methyl sites for hydroxylation is 1. The summed E-state index contributed by atoms with van der Waals surface area (Å²) in [6, 6.07) is 16.4. The largest absolute Gasteiger partial charge is 0.366 e. The molecule has 2 aromatic rings. The van der Waals surface area contributed by atoms with Gasteiger partial charge >= 0.3 is 0 Å². The molecule has 2 unspecified atom stereocenters. The van der Waals surface area contributed by atoms with Crippen LogP contribution in [-0.2, 0) is 11.2 Å². The van der Waals surface area contributed by atoms with Crippen LogP contribution in [0.3, 0.4) is 0 Å². The highest BCUT2D eigenvalue weighted by Gasteiger charge is 2.30. The first-order valence-electron chi connectivity index (χ1n) is 11.0. The Bertz CT molecular complexity index is 909. The van der Waals surface area contributed by atoms with E-state index >= 15 is 0 Å². The number of likely N-dealkylation sites (tertiary alicyclic amines) is 1. The summed E-state index contributed by atoms with van der Waals surface area (Å²) in [6.45, 7) is 7.01. The molecule has 0 radical (unpaired) electrons. The van der Waals surface area contributed by atoms with Crippen molar-refractivity contribution in [3.8, 4) is 0 Å². The topological polar surface area (TPSA) is 52.7 Å². The van der Waals surface area contributed by atoms with Crippen molar-refractivity contribution in [2.24, 2.45) is 5.92 Å². The van der Waals surface area contributed by atoms with Crippen LogP contribution >= 0.6 is 0 Å². The third-order valence-corrected chi connectivity index (χ3v) is 6.40. The minimum absolute atomic E-state index is 0.0227. The van der Waals surface area contributed by atoms with Gasteiger partial charge in [-0.25, -0.2) is 0 Å². The number of fused-ring (bicyclic) bond motifs is 1. The molecule has 0 bridgehead atoms. The van der Waals surface area contributed by atoms with Crippen LogP contribution in [-0.4, -0.2) is 48.9 Å². The Morgan fingerprint density at radius 2 is 1.87 bits per heavy atom. The molecule has 2 atom stereocenters. The Kier molecular flexibility index (Phi) is 6.07. The minimum atomic E-state index is -0.133. The molecule has 1 N–H and O–H groups in total. The maximum absolute atomic E-state index is 12.8. The number of carbonyl (C=O) groups excluding carboxylic acids is 2. The number of hydrogen-bond donors (Lipinski definition) is 1. The lowest BCUT2D eigenvalue weighted by atomic mass is 9.96. The van der Waals surface area contributed by atoms with Crippen LogP contribution in [0.25, 0.3) is 0 Å². The second-order valence-corrected chi connectivity index (χ2v) is 8.62. The van der Waals surface area contributed by atoms with E-state index in [1.807, 2.05) is 36.1 Å². The molecule has 5 nitrogen and oxygen atoms in total. The van der Waals surface area contributed by atoms with Crippen LogP contribution < -0.4 is 10.2 Å². The molecule has 2 amide bonds. The SMILES string of the molecule is Cc1ccc(C(=O)N2CCCC(C(=O)NCC(C)N3CCc4ccccc43)C2)cc1. The average molecular weight is 406 g/mol.